The zero-order valence-corrected chi connectivity index (χ0v) is 15.6. The van der Waals surface area contributed by atoms with Crippen molar-refractivity contribution in [2.45, 2.75) is 64.7 Å². The van der Waals surface area contributed by atoms with Crippen molar-refractivity contribution in [2.24, 2.45) is 0 Å². The molecular formula is C18H31N5O2. The number of carbonyl (C=O) groups excluding carboxylic acids is 1. The number of H-pyrrole nitrogens is 1. The summed E-state index contributed by atoms with van der Waals surface area (Å²) >= 11 is 0. The van der Waals surface area contributed by atoms with Gasteiger partial charge in [-0.25, -0.2) is 4.79 Å². The van der Waals surface area contributed by atoms with Gasteiger partial charge in [0.1, 0.15) is 0 Å². The van der Waals surface area contributed by atoms with Crippen LogP contribution < -0.4 is 10.2 Å². The Balaban J connectivity index is 1.40. The lowest BCUT2D eigenvalue weighted by Crippen LogP contribution is -2.54. The second kappa shape index (κ2) is 8.08. The smallest absolute Gasteiger partial charge is 0.317 e. The first-order valence-corrected chi connectivity index (χ1v) is 9.49. The van der Waals surface area contributed by atoms with Gasteiger partial charge in [0, 0.05) is 44.0 Å². The Kier molecular flexibility index (Phi) is 5.83. The Morgan fingerprint density at radius 1 is 1.24 bits per heavy atom. The van der Waals surface area contributed by atoms with Crippen molar-refractivity contribution in [3.05, 3.63) is 11.8 Å². The van der Waals surface area contributed by atoms with Crippen LogP contribution in [-0.4, -0.2) is 65.6 Å². The number of hydrogen-bond acceptors (Lipinski definition) is 4. The molecule has 1 saturated carbocycles. The second-order valence-electron chi connectivity index (χ2n) is 7.49. The third kappa shape index (κ3) is 4.87. The summed E-state index contributed by atoms with van der Waals surface area (Å²) in [5.74, 6) is 0.973. The first kappa shape index (κ1) is 18.0. The number of piperazine rings is 1. The normalized spacial score (nSPS) is 24.6. The molecule has 2 N–H and O–H groups in total. The van der Waals surface area contributed by atoms with E-state index in [4.69, 9.17) is 4.74 Å². The molecular weight excluding hydrogens is 318 g/mol. The summed E-state index contributed by atoms with van der Waals surface area (Å²) in [6.45, 7) is 9.29. The number of amides is 2. The lowest BCUT2D eigenvalue weighted by molar-refractivity contribution is -0.0158. The quantitative estimate of drug-likeness (QED) is 0.875. The van der Waals surface area contributed by atoms with Gasteiger partial charge in [0.25, 0.3) is 0 Å². The van der Waals surface area contributed by atoms with Crippen molar-refractivity contribution in [1.82, 2.24) is 20.4 Å². The molecule has 140 valence electrons. The predicted octanol–water partition coefficient (Wildman–Crippen LogP) is 2.29. The van der Waals surface area contributed by atoms with E-state index in [1.807, 2.05) is 17.9 Å². The molecule has 1 aliphatic heterocycles. The summed E-state index contributed by atoms with van der Waals surface area (Å²) in [5, 5.41) is 10.5. The Hall–Kier alpha value is -1.76. The number of aromatic amines is 1. The minimum absolute atomic E-state index is 0.0751. The molecule has 0 spiro atoms. The number of aromatic nitrogens is 2. The molecule has 3 rings (SSSR count). The number of rotatable bonds is 4. The Bertz CT molecular complexity index is 558. The van der Waals surface area contributed by atoms with Gasteiger partial charge < -0.3 is 19.9 Å². The Morgan fingerprint density at radius 2 is 1.92 bits per heavy atom. The van der Waals surface area contributed by atoms with Gasteiger partial charge in [-0.2, -0.15) is 5.10 Å². The van der Waals surface area contributed by atoms with Crippen molar-refractivity contribution in [3.8, 4) is 0 Å². The zero-order chi connectivity index (χ0) is 17.8. The molecule has 1 aromatic rings. The largest absolute Gasteiger partial charge is 0.376 e. The third-order valence-corrected chi connectivity index (χ3v) is 5.05. The Morgan fingerprint density at radius 3 is 2.48 bits per heavy atom. The van der Waals surface area contributed by atoms with Gasteiger partial charge in [-0.05, 0) is 46.5 Å². The van der Waals surface area contributed by atoms with Gasteiger partial charge in [-0.15, -0.1) is 0 Å². The molecule has 0 atom stereocenters. The van der Waals surface area contributed by atoms with Crippen LogP contribution in [0, 0.1) is 6.92 Å². The summed E-state index contributed by atoms with van der Waals surface area (Å²) in [5.41, 5.74) is 1.06. The first-order chi connectivity index (χ1) is 12.0. The van der Waals surface area contributed by atoms with Crippen LogP contribution in [0.2, 0.25) is 0 Å². The molecule has 2 fully saturated rings. The highest BCUT2D eigenvalue weighted by Gasteiger charge is 2.27. The van der Waals surface area contributed by atoms with Crippen LogP contribution in [0.25, 0.3) is 0 Å². The van der Waals surface area contributed by atoms with Crippen LogP contribution in [0.15, 0.2) is 6.07 Å². The second-order valence-corrected chi connectivity index (χ2v) is 7.49. The average molecular weight is 349 g/mol. The van der Waals surface area contributed by atoms with Crippen molar-refractivity contribution < 1.29 is 9.53 Å². The molecule has 2 heterocycles. The van der Waals surface area contributed by atoms with Gasteiger partial charge in [-0.1, -0.05) is 0 Å². The molecule has 1 saturated heterocycles. The first-order valence-electron chi connectivity index (χ1n) is 9.49. The number of hydrogen-bond donors (Lipinski definition) is 2. The van der Waals surface area contributed by atoms with Crippen molar-refractivity contribution >= 4 is 11.8 Å². The summed E-state index contributed by atoms with van der Waals surface area (Å²) < 4.78 is 5.88. The third-order valence-electron chi connectivity index (χ3n) is 5.05. The van der Waals surface area contributed by atoms with E-state index < -0.39 is 0 Å². The highest BCUT2D eigenvalue weighted by molar-refractivity contribution is 5.74. The Labute approximate surface area is 150 Å². The molecule has 0 radical (unpaired) electrons. The van der Waals surface area contributed by atoms with E-state index >= 15 is 0 Å². The molecule has 2 amide bonds. The summed E-state index contributed by atoms with van der Waals surface area (Å²) in [6.07, 6.45) is 4.73. The maximum absolute atomic E-state index is 12.5. The molecule has 25 heavy (non-hydrogen) atoms. The van der Waals surface area contributed by atoms with E-state index in [9.17, 15) is 4.79 Å². The number of ether oxygens (including phenoxy) is 1. The van der Waals surface area contributed by atoms with E-state index in [1.165, 1.54) is 0 Å². The number of urea groups is 1. The van der Waals surface area contributed by atoms with Gasteiger partial charge in [0.05, 0.1) is 12.2 Å². The lowest BCUT2D eigenvalue weighted by atomic mass is 9.93. The van der Waals surface area contributed by atoms with Gasteiger partial charge >= 0.3 is 6.03 Å². The van der Waals surface area contributed by atoms with E-state index in [1.54, 1.807) is 0 Å². The standard InChI is InChI=1S/C18H31N5O2/c1-13(2)25-16-6-4-15(5-7-16)19-18(24)23-10-8-22(9-11-23)17-12-14(3)20-21-17/h12-13,15-16H,4-11H2,1-3H3,(H,19,24)(H,20,21). The fraction of sp³-hybridized carbons (Fsp3) is 0.778. The van der Waals surface area contributed by atoms with Crippen LogP contribution >= 0.6 is 0 Å². The SMILES string of the molecule is Cc1cc(N2CCN(C(=O)NC3CCC(OC(C)C)CC3)CC2)n[nH]1. The summed E-state index contributed by atoms with van der Waals surface area (Å²) in [6, 6.07) is 2.41. The predicted molar refractivity (Wildman–Crippen MR) is 97.9 cm³/mol. The van der Waals surface area contributed by atoms with E-state index in [-0.39, 0.29) is 18.2 Å². The molecule has 7 heteroatoms. The maximum atomic E-state index is 12.5. The van der Waals surface area contributed by atoms with Crippen LogP contribution in [0.1, 0.15) is 45.2 Å². The van der Waals surface area contributed by atoms with Crippen LogP contribution in [0.3, 0.4) is 0 Å². The van der Waals surface area contributed by atoms with Crippen LogP contribution in [-0.2, 0) is 4.74 Å². The van der Waals surface area contributed by atoms with Crippen molar-refractivity contribution in [2.75, 3.05) is 31.1 Å². The van der Waals surface area contributed by atoms with Gasteiger partial charge in [0.15, 0.2) is 5.82 Å². The molecule has 2 aliphatic rings. The van der Waals surface area contributed by atoms with Gasteiger partial charge in [0.2, 0.25) is 0 Å². The number of nitrogens with one attached hydrogen (secondary N) is 2. The van der Waals surface area contributed by atoms with Crippen LogP contribution in [0.4, 0.5) is 10.6 Å². The molecule has 0 bridgehead atoms. The van der Waals surface area contributed by atoms with Crippen LogP contribution in [0.5, 0.6) is 0 Å². The molecule has 0 aromatic carbocycles. The molecule has 1 aromatic heterocycles. The minimum Gasteiger partial charge on any atom is -0.376 e. The van der Waals surface area contributed by atoms with Crippen molar-refractivity contribution in [3.63, 3.8) is 0 Å². The van der Waals surface area contributed by atoms with Crippen molar-refractivity contribution in [1.29, 1.82) is 0 Å². The van der Waals surface area contributed by atoms with E-state index in [0.717, 1.165) is 63.4 Å². The fourth-order valence-corrected chi connectivity index (χ4v) is 3.70. The lowest BCUT2D eigenvalue weighted by Gasteiger charge is -2.36. The number of carbonyl (C=O) groups is 1. The van der Waals surface area contributed by atoms with E-state index in [0.29, 0.717) is 6.10 Å². The van der Waals surface area contributed by atoms with Gasteiger partial charge in [-0.3, -0.25) is 5.10 Å². The van der Waals surface area contributed by atoms with E-state index in [2.05, 4.69) is 34.3 Å². The highest BCUT2D eigenvalue weighted by atomic mass is 16.5. The minimum atomic E-state index is 0.0751. The number of nitrogens with zero attached hydrogens (tertiary/aromatic N) is 3. The summed E-state index contributed by atoms with van der Waals surface area (Å²) in [7, 11) is 0. The molecule has 7 nitrogen and oxygen atoms in total. The highest BCUT2D eigenvalue weighted by Crippen LogP contribution is 2.22. The number of anilines is 1. The monoisotopic (exact) mass is 349 g/mol. The molecule has 0 unspecified atom stereocenters. The number of aryl methyl sites for hydroxylation is 1. The summed E-state index contributed by atoms with van der Waals surface area (Å²) in [4.78, 5) is 16.7. The maximum Gasteiger partial charge on any atom is 0.317 e. The average Bonchev–Trinajstić information content (AvgIpc) is 3.03. The zero-order valence-electron chi connectivity index (χ0n) is 15.6. The fourth-order valence-electron chi connectivity index (χ4n) is 3.70. The molecule has 1 aliphatic carbocycles. The topological polar surface area (TPSA) is 73.5 Å².